The van der Waals surface area contributed by atoms with E-state index in [2.05, 4.69) is 6.07 Å². The van der Waals surface area contributed by atoms with Crippen molar-refractivity contribution in [2.45, 2.75) is 6.61 Å². The van der Waals surface area contributed by atoms with Gasteiger partial charge < -0.3 is 14.2 Å². The molecule has 4 nitrogen and oxygen atoms in total. The standard InChI is InChI=1S/C15H10ClNO3/c16-12-3-2-11(7-17)14(6-12)18-8-10-1-4-13-15(5-10)20-9-19-13/h1-6H,8-9H2. The maximum Gasteiger partial charge on any atom is 0.231 e. The smallest absolute Gasteiger partial charge is 0.231 e. The lowest BCUT2D eigenvalue weighted by Crippen LogP contribution is -1.97. The summed E-state index contributed by atoms with van der Waals surface area (Å²) in [5.74, 6) is 1.91. The molecule has 1 aliphatic rings. The molecule has 2 aromatic rings. The van der Waals surface area contributed by atoms with Crippen molar-refractivity contribution in [1.82, 2.24) is 0 Å². The Bertz CT molecular complexity index is 694. The molecule has 1 aliphatic heterocycles. The van der Waals surface area contributed by atoms with E-state index in [-0.39, 0.29) is 6.79 Å². The Hall–Kier alpha value is -2.38. The Kier molecular flexibility index (Phi) is 3.36. The van der Waals surface area contributed by atoms with Crippen molar-refractivity contribution in [3.63, 3.8) is 0 Å². The summed E-state index contributed by atoms with van der Waals surface area (Å²) in [6.45, 7) is 0.568. The molecule has 0 saturated carbocycles. The molecule has 0 radical (unpaired) electrons. The molecule has 0 atom stereocenters. The van der Waals surface area contributed by atoms with Crippen molar-refractivity contribution in [3.8, 4) is 23.3 Å². The third-order valence-corrected chi connectivity index (χ3v) is 3.13. The molecular weight excluding hydrogens is 278 g/mol. The van der Waals surface area contributed by atoms with Gasteiger partial charge in [0.05, 0.1) is 5.56 Å². The molecule has 0 N–H and O–H groups in total. The fraction of sp³-hybridized carbons (Fsp3) is 0.133. The van der Waals surface area contributed by atoms with E-state index >= 15 is 0 Å². The summed E-state index contributed by atoms with van der Waals surface area (Å²) >= 11 is 5.91. The van der Waals surface area contributed by atoms with Gasteiger partial charge in [0.25, 0.3) is 0 Å². The van der Waals surface area contributed by atoms with Gasteiger partial charge in [0.1, 0.15) is 18.4 Å². The van der Waals surface area contributed by atoms with E-state index in [4.69, 9.17) is 31.1 Å². The summed E-state index contributed by atoms with van der Waals surface area (Å²) in [6, 6.07) is 12.6. The van der Waals surface area contributed by atoms with Gasteiger partial charge in [0.2, 0.25) is 6.79 Å². The minimum absolute atomic E-state index is 0.243. The van der Waals surface area contributed by atoms with Gasteiger partial charge in [-0.3, -0.25) is 0 Å². The molecule has 0 bridgehead atoms. The Morgan fingerprint density at radius 1 is 1.15 bits per heavy atom. The zero-order valence-electron chi connectivity index (χ0n) is 10.4. The van der Waals surface area contributed by atoms with Crippen LogP contribution in [0.25, 0.3) is 0 Å². The maximum atomic E-state index is 9.02. The minimum Gasteiger partial charge on any atom is -0.487 e. The van der Waals surface area contributed by atoms with Crippen LogP contribution in [0.15, 0.2) is 36.4 Å². The molecule has 1 heterocycles. The van der Waals surface area contributed by atoms with Crippen molar-refractivity contribution >= 4 is 11.6 Å². The Morgan fingerprint density at radius 3 is 2.85 bits per heavy atom. The van der Waals surface area contributed by atoms with Crippen LogP contribution in [0.2, 0.25) is 5.02 Å². The summed E-state index contributed by atoms with van der Waals surface area (Å²) in [5.41, 5.74) is 1.38. The van der Waals surface area contributed by atoms with Gasteiger partial charge in [-0.15, -0.1) is 0 Å². The predicted octanol–water partition coefficient (Wildman–Crippen LogP) is 3.52. The van der Waals surface area contributed by atoms with Crippen LogP contribution in [-0.2, 0) is 6.61 Å². The van der Waals surface area contributed by atoms with Crippen LogP contribution < -0.4 is 14.2 Å². The summed E-state index contributed by atoms with van der Waals surface area (Å²) in [4.78, 5) is 0. The number of hydrogen-bond acceptors (Lipinski definition) is 4. The number of ether oxygens (including phenoxy) is 3. The first-order valence-electron chi connectivity index (χ1n) is 5.97. The van der Waals surface area contributed by atoms with E-state index in [1.807, 2.05) is 18.2 Å². The van der Waals surface area contributed by atoms with Crippen molar-refractivity contribution in [2.75, 3.05) is 6.79 Å². The van der Waals surface area contributed by atoms with Crippen molar-refractivity contribution in [3.05, 3.63) is 52.5 Å². The highest BCUT2D eigenvalue weighted by Crippen LogP contribution is 2.33. The topological polar surface area (TPSA) is 51.5 Å². The summed E-state index contributed by atoms with van der Waals surface area (Å²) < 4.78 is 16.2. The second kappa shape index (κ2) is 5.32. The third kappa shape index (κ3) is 2.49. The van der Waals surface area contributed by atoms with E-state index in [9.17, 15) is 0 Å². The Labute approximate surface area is 121 Å². The Balaban J connectivity index is 1.77. The lowest BCUT2D eigenvalue weighted by Gasteiger charge is -2.08. The molecule has 0 fully saturated rings. The molecule has 2 aromatic carbocycles. The third-order valence-electron chi connectivity index (χ3n) is 2.90. The quantitative estimate of drug-likeness (QED) is 0.867. The lowest BCUT2D eigenvalue weighted by molar-refractivity contribution is 0.174. The first-order chi connectivity index (χ1) is 9.76. The largest absolute Gasteiger partial charge is 0.487 e. The lowest BCUT2D eigenvalue weighted by atomic mass is 10.2. The SMILES string of the molecule is N#Cc1ccc(Cl)cc1OCc1ccc2c(c1)OCO2. The number of nitrogens with zero attached hydrogens (tertiary/aromatic N) is 1. The van der Waals surface area contributed by atoms with Gasteiger partial charge in [-0.2, -0.15) is 5.26 Å². The van der Waals surface area contributed by atoms with E-state index in [1.54, 1.807) is 18.2 Å². The molecule has 0 aromatic heterocycles. The van der Waals surface area contributed by atoms with Gasteiger partial charge in [0.15, 0.2) is 11.5 Å². The molecule has 20 heavy (non-hydrogen) atoms. The van der Waals surface area contributed by atoms with Crippen LogP contribution in [0.5, 0.6) is 17.2 Å². The second-order valence-electron chi connectivity index (χ2n) is 4.23. The van der Waals surface area contributed by atoms with Crippen LogP contribution in [0.4, 0.5) is 0 Å². The van der Waals surface area contributed by atoms with E-state index in [0.29, 0.717) is 28.7 Å². The molecule has 5 heteroatoms. The van der Waals surface area contributed by atoms with Gasteiger partial charge in [0, 0.05) is 11.1 Å². The highest BCUT2D eigenvalue weighted by molar-refractivity contribution is 6.30. The van der Waals surface area contributed by atoms with Crippen LogP contribution in [0.3, 0.4) is 0 Å². The molecule has 0 spiro atoms. The van der Waals surface area contributed by atoms with Gasteiger partial charge in [-0.25, -0.2) is 0 Å². The first kappa shape index (κ1) is 12.6. The Morgan fingerprint density at radius 2 is 2.00 bits per heavy atom. The fourth-order valence-corrected chi connectivity index (χ4v) is 2.06. The zero-order chi connectivity index (χ0) is 13.9. The second-order valence-corrected chi connectivity index (χ2v) is 4.67. The first-order valence-corrected chi connectivity index (χ1v) is 6.35. The highest BCUT2D eigenvalue weighted by Gasteiger charge is 2.13. The zero-order valence-corrected chi connectivity index (χ0v) is 11.2. The molecular formula is C15H10ClNO3. The average molecular weight is 288 g/mol. The van der Waals surface area contributed by atoms with Crippen LogP contribution >= 0.6 is 11.6 Å². The summed E-state index contributed by atoms with van der Waals surface area (Å²) in [6.07, 6.45) is 0. The van der Waals surface area contributed by atoms with Crippen LogP contribution in [0.1, 0.15) is 11.1 Å². The fourth-order valence-electron chi connectivity index (χ4n) is 1.90. The van der Waals surface area contributed by atoms with Gasteiger partial charge in [-0.1, -0.05) is 17.7 Å². The molecule has 0 saturated heterocycles. The summed E-state index contributed by atoms with van der Waals surface area (Å²) in [5, 5.41) is 9.56. The van der Waals surface area contributed by atoms with Crippen molar-refractivity contribution in [1.29, 1.82) is 5.26 Å². The van der Waals surface area contributed by atoms with Crippen LogP contribution in [0, 0.1) is 11.3 Å². The van der Waals surface area contributed by atoms with Crippen molar-refractivity contribution in [2.24, 2.45) is 0 Å². The van der Waals surface area contributed by atoms with E-state index < -0.39 is 0 Å². The van der Waals surface area contributed by atoms with E-state index in [1.165, 1.54) is 0 Å². The monoisotopic (exact) mass is 287 g/mol. The minimum atomic E-state index is 0.243. The maximum absolute atomic E-state index is 9.02. The van der Waals surface area contributed by atoms with Crippen molar-refractivity contribution < 1.29 is 14.2 Å². The van der Waals surface area contributed by atoms with E-state index in [0.717, 1.165) is 11.3 Å². The number of rotatable bonds is 3. The average Bonchev–Trinajstić information content (AvgIpc) is 2.92. The number of hydrogen-bond donors (Lipinski definition) is 0. The number of nitriles is 1. The summed E-state index contributed by atoms with van der Waals surface area (Å²) in [7, 11) is 0. The highest BCUT2D eigenvalue weighted by atomic mass is 35.5. The van der Waals surface area contributed by atoms with Gasteiger partial charge >= 0.3 is 0 Å². The normalized spacial score (nSPS) is 12.0. The molecule has 0 unspecified atom stereocenters. The number of halogens is 1. The van der Waals surface area contributed by atoms with Crippen LogP contribution in [-0.4, -0.2) is 6.79 Å². The molecule has 3 rings (SSSR count). The molecule has 0 amide bonds. The number of fused-ring (bicyclic) bond motifs is 1. The predicted molar refractivity (Wildman–Crippen MR) is 73.1 cm³/mol. The number of benzene rings is 2. The van der Waals surface area contributed by atoms with Gasteiger partial charge in [-0.05, 0) is 29.8 Å². The molecule has 100 valence electrons. The molecule has 0 aliphatic carbocycles.